The lowest BCUT2D eigenvalue weighted by atomic mass is 9.96. The first-order valence-corrected chi connectivity index (χ1v) is 12.2. The SMILES string of the molecule is COc1cccc(CNC(=O)C2CCN(c3nc4cccnc4n(Cc4ccccc4)c3=O)CC2)c1. The van der Waals surface area contributed by atoms with E-state index < -0.39 is 0 Å². The van der Waals surface area contributed by atoms with Crippen LogP contribution in [-0.2, 0) is 17.9 Å². The smallest absolute Gasteiger partial charge is 0.295 e. The lowest BCUT2D eigenvalue weighted by Gasteiger charge is -2.32. The van der Waals surface area contributed by atoms with Gasteiger partial charge in [-0.15, -0.1) is 0 Å². The normalized spacial score (nSPS) is 14.1. The van der Waals surface area contributed by atoms with Gasteiger partial charge in [0.25, 0.3) is 5.56 Å². The lowest BCUT2D eigenvalue weighted by molar-refractivity contribution is -0.125. The highest BCUT2D eigenvalue weighted by Crippen LogP contribution is 2.22. The van der Waals surface area contributed by atoms with Gasteiger partial charge in [0, 0.05) is 31.7 Å². The Balaban J connectivity index is 1.29. The van der Waals surface area contributed by atoms with Crippen LogP contribution in [0.3, 0.4) is 0 Å². The Kier molecular flexibility index (Phi) is 6.93. The predicted octanol–water partition coefficient (Wildman–Crippen LogP) is 3.38. The molecule has 0 unspecified atom stereocenters. The number of hydrogen-bond donors (Lipinski definition) is 1. The molecule has 2 aromatic heterocycles. The number of nitrogens with one attached hydrogen (secondary N) is 1. The summed E-state index contributed by atoms with van der Waals surface area (Å²) < 4.78 is 6.95. The minimum atomic E-state index is -0.161. The monoisotopic (exact) mass is 483 g/mol. The largest absolute Gasteiger partial charge is 0.497 e. The molecular weight excluding hydrogens is 454 g/mol. The van der Waals surface area contributed by atoms with Crippen molar-refractivity contribution in [2.45, 2.75) is 25.9 Å². The number of rotatable bonds is 7. The standard InChI is InChI=1S/C28H29N5O3/c1-36-23-10-5-9-21(17-23)18-30-27(34)22-12-15-32(16-13-22)26-28(35)33(19-20-7-3-2-4-8-20)25-24(31-26)11-6-14-29-25/h2-11,14,17,22H,12-13,15-16,18-19H2,1H3,(H,30,34). The number of nitrogens with zero attached hydrogens (tertiary/aromatic N) is 4. The van der Waals surface area contributed by atoms with Gasteiger partial charge in [-0.1, -0.05) is 42.5 Å². The van der Waals surface area contributed by atoms with Gasteiger partial charge in [-0.3, -0.25) is 14.2 Å². The van der Waals surface area contributed by atoms with Crippen molar-refractivity contribution >= 4 is 22.9 Å². The number of pyridine rings is 1. The minimum absolute atomic E-state index is 0.0367. The number of benzene rings is 2. The van der Waals surface area contributed by atoms with E-state index in [2.05, 4.69) is 15.3 Å². The van der Waals surface area contributed by atoms with Crippen molar-refractivity contribution in [3.63, 3.8) is 0 Å². The van der Waals surface area contributed by atoms with E-state index in [-0.39, 0.29) is 17.4 Å². The van der Waals surface area contributed by atoms with Gasteiger partial charge in [-0.25, -0.2) is 9.97 Å². The van der Waals surface area contributed by atoms with Gasteiger partial charge in [0.05, 0.1) is 13.7 Å². The first kappa shape index (κ1) is 23.5. The number of piperidine rings is 1. The molecule has 0 saturated carbocycles. The van der Waals surface area contributed by atoms with Gasteiger partial charge in [-0.05, 0) is 48.2 Å². The number of anilines is 1. The van der Waals surface area contributed by atoms with E-state index in [0.29, 0.717) is 56.0 Å². The molecule has 2 aromatic carbocycles. The summed E-state index contributed by atoms with van der Waals surface area (Å²) in [4.78, 5) is 37.5. The van der Waals surface area contributed by atoms with E-state index in [4.69, 9.17) is 4.74 Å². The molecule has 1 saturated heterocycles. The van der Waals surface area contributed by atoms with Crippen LogP contribution in [0.15, 0.2) is 77.7 Å². The number of amides is 1. The molecule has 36 heavy (non-hydrogen) atoms. The highest BCUT2D eigenvalue weighted by atomic mass is 16.5. The first-order chi connectivity index (χ1) is 17.6. The number of aromatic nitrogens is 3. The quantitative estimate of drug-likeness (QED) is 0.434. The molecule has 1 N–H and O–H groups in total. The third-order valence-electron chi connectivity index (χ3n) is 6.63. The number of hydrogen-bond acceptors (Lipinski definition) is 6. The number of carbonyl (C=O) groups excluding carboxylic acids is 1. The van der Waals surface area contributed by atoms with Crippen LogP contribution in [0.4, 0.5) is 5.82 Å². The average Bonchev–Trinajstić information content (AvgIpc) is 2.94. The van der Waals surface area contributed by atoms with E-state index >= 15 is 0 Å². The van der Waals surface area contributed by atoms with Crippen LogP contribution >= 0.6 is 0 Å². The molecule has 8 nitrogen and oxygen atoms in total. The molecule has 0 radical (unpaired) electrons. The molecule has 0 spiro atoms. The topological polar surface area (TPSA) is 89.3 Å². The summed E-state index contributed by atoms with van der Waals surface area (Å²) in [5.41, 5.74) is 3.11. The molecule has 4 aromatic rings. The second kappa shape index (κ2) is 10.6. The van der Waals surface area contributed by atoms with Crippen LogP contribution in [0, 0.1) is 5.92 Å². The zero-order valence-corrected chi connectivity index (χ0v) is 20.3. The molecule has 1 aliphatic heterocycles. The van der Waals surface area contributed by atoms with Gasteiger partial charge in [0.15, 0.2) is 11.5 Å². The van der Waals surface area contributed by atoms with Gasteiger partial charge in [-0.2, -0.15) is 0 Å². The van der Waals surface area contributed by atoms with E-state index in [1.165, 1.54) is 0 Å². The summed E-state index contributed by atoms with van der Waals surface area (Å²) in [7, 11) is 1.63. The Bertz CT molecular complexity index is 1410. The summed E-state index contributed by atoms with van der Waals surface area (Å²) in [6, 6.07) is 21.3. The molecule has 0 atom stereocenters. The van der Waals surface area contributed by atoms with Gasteiger partial charge in [0.2, 0.25) is 5.91 Å². The molecule has 0 aliphatic carbocycles. The van der Waals surface area contributed by atoms with Gasteiger partial charge < -0.3 is 15.0 Å². The third-order valence-corrected chi connectivity index (χ3v) is 6.63. The van der Waals surface area contributed by atoms with Crippen molar-refractivity contribution in [3.05, 3.63) is 94.4 Å². The Hall–Kier alpha value is -4.20. The summed E-state index contributed by atoms with van der Waals surface area (Å²) >= 11 is 0. The minimum Gasteiger partial charge on any atom is -0.497 e. The summed E-state index contributed by atoms with van der Waals surface area (Å²) in [6.07, 6.45) is 3.00. The molecule has 5 rings (SSSR count). The Morgan fingerprint density at radius 2 is 1.81 bits per heavy atom. The van der Waals surface area contributed by atoms with Crippen LogP contribution in [0.2, 0.25) is 0 Å². The van der Waals surface area contributed by atoms with Crippen LogP contribution in [0.1, 0.15) is 24.0 Å². The maximum absolute atomic E-state index is 13.5. The second-order valence-electron chi connectivity index (χ2n) is 8.99. The number of carbonyl (C=O) groups is 1. The average molecular weight is 484 g/mol. The first-order valence-electron chi connectivity index (χ1n) is 12.2. The van der Waals surface area contributed by atoms with Crippen molar-refractivity contribution in [3.8, 4) is 5.75 Å². The number of methoxy groups -OCH3 is 1. The van der Waals surface area contributed by atoms with Crippen molar-refractivity contribution in [1.29, 1.82) is 0 Å². The number of fused-ring (bicyclic) bond motifs is 1. The molecular formula is C28H29N5O3. The Morgan fingerprint density at radius 3 is 2.58 bits per heavy atom. The summed E-state index contributed by atoms with van der Waals surface area (Å²) in [5, 5.41) is 3.04. The molecule has 184 valence electrons. The van der Waals surface area contributed by atoms with E-state index in [1.807, 2.05) is 71.6 Å². The van der Waals surface area contributed by atoms with Gasteiger partial charge in [0.1, 0.15) is 11.3 Å². The fourth-order valence-corrected chi connectivity index (χ4v) is 4.65. The van der Waals surface area contributed by atoms with Gasteiger partial charge >= 0.3 is 0 Å². The van der Waals surface area contributed by atoms with E-state index in [9.17, 15) is 9.59 Å². The second-order valence-corrected chi connectivity index (χ2v) is 8.99. The van der Waals surface area contributed by atoms with Crippen molar-refractivity contribution in [2.75, 3.05) is 25.1 Å². The third kappa shape index (κ3) is 5.07. The van der Waals surface area contributed by atoms with Crippen molar-refractivity contribution < 1.29 is 9.53 Å². The molecule has 1 fully saturated rings. The van der Waals surface area contributed by atoms with Crippen molar-refractivity contribution in [2.24, 2.45) is 5.92 Å². The fourth-order valence-electron chi connectivity index (χ4n) is 4.65. The Labute approximate surface area is 209 Å². The zero-order chi connectivity index (χ0) is 24.9. The summed E-state index contributed by atoms with van der Waals surface area (Å²) in [6.45, 7) is 2.07. The van der Waals surface area contributed by atoms with Crippen molar-refractivity contribution in [1.82, 2.24) is 19.9 Å². The van der Waals surface area contributed by atoms with Crippen LogP contribution in [0.25, 0.3) is 11.2 Å². The van der Waals surface area contributed by atoms with Crippen LogP contribution < -0.4 is 20.5 Å². The maximum atomic E-state index is 13.5. The summed E-state index contributed by atoms with van der Waals surface area (Å²) in [5.74, 6) is 1.13. The predicted molar refractivity (Wildman–Crippen MR) is 139 cm³/mol. The molecule has 3 heterocycles. The van der Waals surface area contributed by atoms with Crippen LogP contribution in [0.5, 0.6) is 5.75 Å². The van der Waals surface area contributed by atoms with E-state index in [1.54, 1.807) is 17.9 Å². The fraction of sp³-hybridized carbons (Fsp3) is 0.286. The molecule has 8 heteroatoms. The molecule has 1 amide bonds. The zero-order valence-electron chi connectivity index (χ0n) is 20.3. The van der Waals surface area contributed by atoms with Crippen LogP contribution in [-0.4, -0.2) is 40.6 Å². The molecule has 0 bridgehead atoms. The van der Waals surface area contributed by atoms with E-state index in [0.717, 1.165) is 16.9 Å². The number of ether oxygens (including phenoxy) is 1. The highest BCUT2D eigenvalue weighted by molar-refractivity contribution is 5.79. The highest BCUT2D eigenvalue weighted by Gasteiger charge is 2.27. The maximum Gasteiger partial charge on any atom is 0.295 e. The molecule has 1 aliphatic rings. The lowest BCUT2D eigenvalue weighted by Crippen LogP contribution is -2.43. The Morgan fingerprint density at radius 1 is 1.03 bits per heavy atom.